The molecular formula is C13H17N3S. The average molecular weight is 247 g/mol. The van der Waals surface area contributed by atoms with Crippen LogP contribution in [0, 0.1) is 13.8 Å². The molecule has 2 rings (SSSR count). The van der Waals surface area contributed by atoms with Gasteiger partial charge in [-0.05, 0) is 37.6 Å². The molecule has 0 amide bonds. The molecule has 0 atom stereocenters. The molecule has 1 aromatic carbocycles. The molecule has 0 aliphatic heterocycles. The van der Waals surface area contributed by atoms with Gasteiger partial charge in [0.1, 0.15) is 0 Å². The van der Waals surface area contributed by atoms with Crippen LogP contribution in [0.3, 0.4) is 0 Å². The number of nitrogens with zero attached hydrogens (tertiary/aromatic N) is 1. The molecule has 2 aromatic rings. The lowest BCUT2D eigenvalue weighted by Gasteiger charge is -2.07. The van der Waals surface area contributed by atoms with E-state index in [4.69, 9.17) is 5.73 Å². The number of nitrogens with one attached hydrogen (secondary N) is 1. The first-order valence-corrected chi connectivity index (χ1v) is 6.54. The molecule has 17 heavy (non-hydrogen) atoms. The van der Waals surface area contributed by atoms with Crippen molar-refractivity contribution in [2.75, 3.05) is 17.6 Å². The van der Waals surface area contributed by atoms with Crippen LogP contribution in [0.5, 0.6) is 0 Å². The van der Waals surface area contributed by atoms with Gasteiger partial charge < -0.3 is 11.1 Å². The van der Waals surface area contributed by atoms with Crippen molar-refractivity contribution in [3.05, 3.63) is 39.8 Å². The van der Waals surface area contributed by atoms with Crippen molar-refractivity contribution in [2.24, 2.45) is 0 Å². The van der Waals surface area contributed by atoms with Gasteiger partial charge in [0.25, 0.3) is 0 Å². The van der Waals surface area contributed by atoms with E-state index in [1.165, 1.54) is 5.01 Å². The fourth-order valence-electron chi connectivity index (χ4n) is 1.62. The molecule has 0 radical (unpaired) electrons. The van der Waals surface area contributed by atoms with E-state index in [1.54, 1.807) is 11.3 Å². The lowest BCUT2D eigenvalue weighted by molar-refractivity contribution is 0.987. The Labute approximate surface area is 106 Å². The second-order valence-corrected chi connectivity index (χ2v) is 5.07. The smallest absolute Gasteiger partial charge is 0.0945 e. The van der Waals surface area contributed by atoms with Crippen LogP contribution in [0.4, 0.5) is 11.4 Å². The van der Waals surface area contributed by atoms with Gasteiger partial charge in [-0.2, -0.15) is 0 Å². The summed E-state index contributed by atoms with van der Waals surface area (Å²) in [6, 6.07) is 6.02. The summed E-state index contributed by atoms with van der Waals surface area (Å²) < 4.78 is 0. The van der Waals surface area contributed by atoms with Crippen LogP contribution in [-0.4, -0.2) is 11.5 Å². The Morgan fingerprint density at radius 3 is 2.82 bits per heavy atom. The van der Waals surface area contributed by atoms with Crippen molar-refractivity contribution in [1.82, 2.24) is 4.98 Å². The van der Waals surface area contributed by atoms with Gasteiger partial charge in [0.15, 0.2) is 0 Å². The predicted octanol–water partition coefficient (Wildman–Crippen LogP) is 3.00. The molecule has 0 saturated carbocycles. The first-order chi connectivity index (χ1) is 8.15. The largest absolute Gasteiger partial charge is 0.399 e. The average Bonchev–Trinajstić information content (AvgIpc) is 2.70. The molecule has 0 unspecified atom stereocenters. The van der Waals surface area contributed by atoms with E-state index in [0.717, 1.165) is 35.6 Å². The minimum atomic E-state index is 0.839. The van der Waals surface area contributed by atoms with E-state index in [1.807, 2.05) is 26.0 Å². The van der Waals surface area contributed by atoms with Gasteiger partial charge in [0.2, 0.25) is 0 Å². The highest BCUT2D eigenvalue weighted by Crippen LogP contribution is 2.16. The number of nitrogens with two attached hydrogens (primary N) is 1. The fourth-order valence-corrected chi connectivity index (χ4v) is 2.39. The Balaban J connectivity index is 1.87. The minimum absolute atomic E-state index is 0.839. The number of hydrogen-bond acceptors (Lipinski definition) is 4. The van der Waals surface area contributed by atoms with Crippen molar-refractivity contribution >= 4 is 22.7 Å². The Kier molecular flexibility index (Phi) is 3.64. The number of thiazole rings is 1. The minimum Gasteiger partial charge on any atom is -0.399 e. The van der Waals surface area contributed by atoms with Crippen LogP contribution in [0.2, 0.25) is 0 Å². The molecule has 3 N–H and O–H groups in total. The summed E-state index contributed by atoms with van der Waals surface area (Å²) in [5.74, 6) is 0. The molecule has 3 nitrogen and oxygen atoms in total. The number of hydrogen-bond donors (Lipinski definition) is 2. The second kappa shape index (κ2) is 5.19. The first kappa shape index (κ1) is 11.9. The Hall–Kier alpha value is -1.55. The standard InChI is InChI=1S/C13H17N3S/c1-9-7-11(3-4-12(9)14)15-6-5-13-16-10(2)8-17-13/h3-4,7-8,15H,5-6,14H2,1-2H3. The van der Waals surface area contributed by atoms with Crippen LogP contribution in [0.25, 0.3) is 0 Å². The van der Waals surface area contributed by atoms with Crippen molar-refractivity contribution in [2.45, 2.75) is 20.3 Å². The Morgan fingerprint density at radius 1 is 1.35 bits per heavy atom. The predicted molar refractivity (Wildman–Crippen MR) is 74.6 cm³/mol. The highest BCUT2D eigenvalue weighted by Gasteiger charge is 1.99. The monoisotopic (exact) mass is 247 g/mol. The van der Waals surface area contributed by atoms with Crippen LogP contribution >= 0.6 is 11.3 Å². The van der Waals surface area contributed by atoms with Gasteiger partial charge in [-0.3, -0.25) is 0 Å². The van der Waals surface area contributed by atoms with Gasteiger partial charge in [0.05, 0.1) is 5.01 Å². The molecule has 0 fully saturated rings. The normalized spacial score (nSPS) is 10.5. The summed E-state index contributed by atoms with van der Waals surface area (Å²) in [6.07, 6.45) is 0.960. The van der Waals surface area contributed by atoms with Crippen molar-refractivity contribution in [3.8, 4) is 0 Å². The SMILES string of the molecule is Cc1csc(CCNc2ccc(N)c(C)c2)n1. The Bertz CT molecular complexity index is 505. The van der Waals surface area contributed by atoms with Crippen molar-refractivity contribution < 1.29 is 0 Å². The third kappa shape index (κ3) is 3.20. The summed E-state index contributed by atoms with van der Waals surface area (Å²) in [6.45, 7) is 4.94. The molecule has 0 saturated heterocycles. The second-order valence-electron chi connectivity index (χ2n) is 4.13. The van der Waals surface area contributed by atoms with Crippen LogP contribution in [0.15, 0.2) is 23.6 Å². The molecule has 1 aromatic heterocycles. The van der Waals surface area contributed by atoms with Gasteiger partial charge in [-0.15, -0.1) is 11.3 Å². The number of anilines is 2. The van der Waals surface area contributed by atoms with Gasteiger partial charge in [-0.1, -0.05) is 0 Å². The molecule has 0 aliphatic rings. The molecule has 90 valence electrons. The molecular weight excluding hydrogens is 230 g/mol. The van der Waals surface area contributed by atoms with Gasteiger partial charge >= 0.3 is 0 Å². The van der Waals surface area contributed by atoms with E-state index in [-0.39, 0.29) is 0 Å². The molecule has 4 heteroatoms. The van der Waals surface area contributed by atoms with Gasteiger partial charge in [0, 0.05) is 35.4 Å². The summed E-state index contributed by atoms with van der Waals surface area (Å²) in [7, 11) is 0. The zero-order chi connectivity index (χ0) is 12.3. The number of benzene rings is 1. The fraction of sp³-hybridized carbons (Fsp3) is 0.308. The Morgan fingerprint density at radius 2 is 2.18 bits per heavy atom. The highest BCUT2D eigenvalue weighted by molar-refractivity contribution is 7.09. The number of rotatable bonds is 4. The third-order valence-corrected chi connectivity index (χ3v) is 3.63. The highest BCUT2D eigenvalue weighted by atomic mass is 32.1. The number of aromatic nitrogens is 1. The summed E-state index contributed by atoms with van der Waals surface area (Å²) in [5.41, 5.74) is 9.95. The van der Waals surface area contributed by atoms with E-state index < -0.39 is 0 Å². The lowest BCUT2D eigenvalue weighted by Crippen LogP contribution is -2.05. The zero-order valence-electron chi connectivity index (χ0n) is 10.2. The van der Waals surface area contributed by atoms with Crippen LogP contribution in [-0.2, 0) is 6.42 Å². The van der Waals surface area contributed by atoms with E-state index >= 15 is 0 Å². The van der Waals surface area contributed by atoms with E-state index in [9.17, 15) is 0 Å². The lowest BCUT2D eigenvalue weighted by atomic mass is 10.2. The van der Waals surface area contributed by atoms with E-state index in [2.05, 4.69) is 21.7 Å². The topological polar surface area (TPSA) is 50.9 Å². The maximum Gasteiger partial charge on any atom is 0.0945 e. The van der Waals surface area contributed by atoms with Crippen molar-refractivity contribution in [1.29, 1.82) is 0 Å². The number of aryl methyl sites for hydroxylation is 2. The number of nitrogen functional groups attached to an aromatic ring is 1. The van der Waals surface area contributed by atoms with Crippen LogP contribution in [0.1, 0.15) is 16.3 Å². The quantitative estimate of drug-likeness (QED) is 0.817. The van der Waals surface area contributed by atoms with Crippen LogP contribution < -0.4 is 11.1 Å². The third-order valence-electron chi connectivity index (χ3n) is 2.60. The van der Waals surface area contributed by atoms with Gasteiger partial charge in [-0.25, -0.2) is 4.98 Å². The summed E-state index contributed by atoms with van der Waals surface area (Å²) >= 11 is 1.72. The molecule has 1 heterocycles. The summed E-state index contributed by atoms with van der Waals surface area (Å²) in [5, 5.41) is 6.65. The first-order valence-electron chi connectivity index (χ1n) is 5.66. The van der Waals surface area contributed by atoms with E-state index in [0.29, 0.717) is 0 Å². The molecule has 0 spiro atoms. The molecule has 0 bridgehead atoms. The summed E-state index contributed by atoms with van der Waals surface area (Å²) in [4.78, 5) is 4.43. The maximum absolute atomic E-state index is 5.78. The van der Waals surface area contributed by atoms with Crippen molar-refractivity contribution in [3.63, 3.8) is 0 Å². The maximum atomic E-state index is 5.78. The molecule has 0 aliphatic carbocycles. The zero-order valence-corrected chi connectivity index (χ0v) is 11.0.